The van der Waals surface area contributed by atoms with Gasteiger partial charge in [-0.1, -0.05) is 44.2 Å². The van der Waals surface area contributed by atoms with Crippen molar-refractivity contribution in [1.29, 1.82) is 0 Å². The number of fused-ring (bicyclic) bond motifs is 2. The highest BCUT2D eigenvalue weighted by molar-refractivity contribution is 5.81. The van der Waals surface area contributed by atoms with Crippen molar-refractivity contribution in [2.75, 3.05) is 0 Å². The number of aryl methyl sites for hydroxylation is 2. The van der Waals surface area contributed by atoms with Crippen LogP contribution in [0.2, 0.25) is 0 Å². The molecule has 0 bridgehead atoms. The van der Waals surface area contributed by atoms with Crippen LogP contribution in [0.15, 0.2) is 52.1 Å². The van der Waals surface area contributed by atoms with Crippen LogP contribution in [-0.2, 0) is 13.0 Å². The van der Waals surface area contributed by atoms with E-state index >= 15 is 0 Å². The van der Waals surface area contributed by atoms with Gasteiger partial charge in [0.25, 0.3) is 5.56 Å². The number of H-pyrrole nitrogens is 1. The summed E-state index contributed by atoms with van der Waals surface area (Å²) < 4.78 is 1.72. The van der Waals surface area contributed by atoms with Crippen LogP contribution in [0, 0.1) is 13.8 Å². The Balaban J connectivity index is 0.00000124. The molecule has 4 rings (SSSR count). The number of hydrogen-bond acceptors (Lipinski definition) is 5. The molecule has 0 aliphatic carbocycles. The Labute approximate surface area is 174 Å². The molecule has 30 heavy (non-hydrogen) atoms. The maximum atomic E-state index is 12.3. The van der Waals surface area contributed by atoms with Gasteiger partial charge in [-0.15, -0.1) is 0 Å². The largest absolute Gasteiger partial charge is 0.391 e. The lowest BCUT2D eigenvalue weighted by molar-refractivity contribution is 0.156. The Hall–Kier alpha value is -3.32. The molecule has 2 heterocycles. The van der Waals surface area contributed by atoms with Crippen molar-refractivity contribution in [3.05, 3.63) is 80.0 Å². The molecule has 0 saturated carbocycles. The molecule has 7 nitrogen and oxygen atoms in total. The Bertz CT molecular complexity index is 1250. The highest BCUT2D eigenvalue weighted by Crippen LogP contribution is 2.24. The van der Waals surface area contributed by atoms with E-state index in [1.54, 1.807) is 4.57 Å². The fraction of sp³-hybridized carbons (Fsp3) is 0.304. The first-order chi connectivity index (χ1) is 14.4. The SMILES string of the molecule is CC.Cc1cc2nc3c(=O)[nH]c(=O)nc-3n(CC(O)Cc3ccccc3)c2cc1C. The zero-order valence-electron chi connectivity index (χ0n) is 17.6. The number of aliphatic hydroxyl groups is 1. The van der Waals surface area contributed by atoms with Crippen LogP contribution >= 0.6 is 0 Å². The third-order valence-corrected chi connectivity index (χ3v) is 4.93. The molecule has 0 fully saturated rings. The van der Waals surface area contributed by atoms with Crippen molar-refractivity contribution in [3.8, 4) is 11.5 Å². The van der Waals surface area contributed by atoms with Gasteiger partial charge in [-0.3, -0.25) is 9.78 Å². The third kappa shape index (κ3) is 4.31. The maximum absolute atomic E-state index is 12.3. The lowest BCUT2D eigenvalue weighted by Crippen LogP contribution is -2.30. The molecule has 7 heteroatoms. The Kier molecular flexibility index (Phi) is 6.42. The summed E-state index contributed by atoms with van der Waals surface area (Å²) in [7, 11) is 0. The number of rotatable bonds is 4. The fourth-order valence-corrected chi connectivity index (χ4v) is 3.40. The molecule has 156 valence electrons. The van der Waals surface area contributed by atoms with Gasteiger partial charge in [0.1, 0.15) is 0 Å². The van der Waals surface area contributed by atoms with Crippen LogP contribution < -0.4 is 11.2 Å². The van der Waals surface area contributed by atoms with Gasteiger partial charge >= 0.3 is 5.69 Å². The van der Waals surface area contributed by atoms with Crippen LogP contribution in [0.3, 0.4) is 0 Å². The molecule has 2 aromatic rings. The van der Waals surface area contributed by atoms with Crippen molar-refractivity contribution in [3.63, 3.8) is 0 Å². The summed E-state index contributed by atoms with van der Waals surface area (Å²) >= 11 is 0. The summed E-state index contributed by atoms with van der Waals surface area (Å²) in [5, 5.41) is 10.7. The molecular formula is C23H26N4O3. The minimum absolute atomic E-state index is 0.0854. The smallest absolute Gasteiger partial charge is 0.349 e. The number of nitrogens with one attached hydrogen (secondary N) is 1. The molecule has 1 atom stereocenters. The van der Waals surface area contributed by atoms with E-state index < -0.39 is 17.4 Å². The van der Waals surface area contributed by atoms with Crippen LogP contribution in [0.4, 0.5) is 0 Å². The van der Waals surface area contributed by atoms with Gasteiger partial charge in [0.05, 0.1) is 23.7 Å². The second-order valence-electron chi connectivity index (χ2n) is 7.03. The quantitative estimate of drug-likeness (QED) is 0.508. The predicted octanol–water partition coefficient (Wildman–Crippen LogP) is 2.83. The summed E-state index contributed by atoms with van der Waals surface area (Å²) in [5.41, 5.74) is 3.21. The van der Waals surface area contributed by atoms with E-state index in [9.17, 15) is 14.7 Å². The Morgan fingerprint density at radius 2 is 1.70 bits per heavy atom. The van der Waals surface area contributed by atoms with Gasteiger partial charge in [-0.2, -0.15) is 4.98 Å². The van der Waals surface area contributed by atoms with Gasteiger partial charge in [0.2, 0.25) is 0 Å². The van der Waals surface area contributed by atoms with E-state index in [0.717, 1.165) is 22.2 Å². The van der Waals surface area contributed by atoms with Crippen LogP contribution in [0.5, 0.6) is 0 Å². The van der Waals surface area contributed by atoms with Gasteiger partial charge in [0, 0.05) is 6.42 Å². The van der Waals surface area contributed by atoms with E-state index in [1.165, 1.54) is 0 Å². The Morgan fingerprint density at radius 1 is 1.03 bits per heavy atom. The van der Waals surface area contributed by atoms with Crippen molar-refractivity contribution in [2.24, 2.45) is 0 Å². The molecule has 2 N–H and O–H groups in total. The normalized spacial score (nSPS) is 11.9. The molecule has 0 aromatic heterocycles. The van der Waals surface area contributed by atoms with E-state index in [-0.39, 0.29) is 18.1 Å². The van der Waals surface area contributed by atoms with E-state index in [2.05, 4.69) is 15.0 Å². The van der Waals surface area contributed by atoms with E-state index in [1.807, 2.05) is 70.2 Å². The van der Waals surface area contributed by atoms with Gasteiger partial charge in [0.15, 0.2) is 11.5 Å². The van der Waals surface area contributed by atoms with Crippen molar-refractivity contribution in [1.82, 2.24) is 19.5 Å². The second kappa shape index (κ2) is 9.00. The standard InChI is InChI=1S/C21H20N4O3.C2H6/c1-12-8-16-17(9-13(12)2)25(11-15(26)10-14-6-4-3-5-7-14)19-18(22-16)20(27)24-21(28)23-19;1-2/h3-9,15,26H,10-11H2,1-2H3,(H,24,27,28);1-2H3. The van der Waals surface area contributed by atoms with Crippen molar-refractivity contribution >= 4 is 11.0 Å². The zero-order chi connectivity index (χ0) is 21.8. The molecule has 1 unspecified atom stereocenters. The molecule has 2 aromatic carbocycles. The van der Waals surface area contributed by atoms with Crippen LogP contribution in [-0.4, -0.2) is 30.7 Å². The number of benzene rings is 2. The average Bonchev–Trinajstić information content (AvgIpc) is 2.72. The first-order valence-electron chi connectivity index (χ1n) is 10.1. The summed E-state index contributed by atoms with van der Waals surface area (Å²) in [6, 6.07) is 13.5. The summed E-state index contributed by atoms with van der Waals surface area (Å²) in [5.74, 6) is 0.177. The molecule has 0 spiro atoms. The molecule has 0 amide bonds. The first-order valence-corrected chi connectivity index (χ1v) is 10.1. The van der Waals surface area contributed by atoms with Crippen LogP contribution in [0.25, 0.3) is 22.6 Å². The van der Waals surface area contributed by atoms with Gasteiger partial charge in [-0.25, -0.2) is 9.78 Å². The minimum Gasteiger partial charge on any atom is -0.391 e. The van der Waals surface area contributed by atoms with E-state index in [4.69, 9.17) is 0 Å². The van der Waals surface area contributed by atoms with Gasteiger partial charge in [-0.05, 0) is 42.7 Å². The highest BCUT2D eigenvalue weighted by atomic mass is 16.3. The molecule has 0 radical (unpaired) electrons. The number of nitrogens with zero attached hydrogens (tertiary/aromatic N) is 3. The highest BCUT2D eigenvalue weighted by Gasteiger charge is 2.21. The first kappa shape index (κ1) is 21.4. The zero-order valence-corrected chi connectivity index (χ0v) is 17.6. The van der Waals surface area contributed by atoms with Crippen molar-refractivity contribution in [2.45, 2.75) is 46.8 Å². The summed E-state index contributed by atoms with van der Waals surface area (Å²) in [6.07, 6.45) is -0.281. The lowest BCUT2D eigenvalue weighted by Gasteiger charge is -2.20. The number of aliphatic hydroxyl groups excluding tert-OH is 1. The fourth-order valence-electron chi connectivity index (χ4n) is 3.40. The summed E-state index contributed by atoms with van der Waals surface area (Å²) in [4.78, 5) is 34.7. The molecule has 0 saturated heterocycles. The molecule has 2 aliphatic rings. The van der Waals surface area contributed by atoms with Crippen LogP contribution in [0.1, 0.15) is 30.5 Å². The van der Waals surface area contributed by atoms with Crippen molar-refractivity contribution < 1.29 is 5.11 Å². The minimum atomic E-state index is -0.728. The molecular weight excluding hydrogens is 380 g/mol. The average molecular weight is 406 g/mol. The Morgan fingerprint density at radius 3 is 2.40 bits per heavy atom. The van der Waals surface area contributed by atoms with Gasteiger partial charge < -0.3 is 9.67 Å². The maximum Gasteiger partial charge on any atom is 0.349 e. The number of hydrogen-bond donors (Lipinski definition) is 2. The monoisotopic (exact) mass is 406 g/mol. The number of aromatic amines is 1. The third-order valence-electron chi connectivity index (χ3n) is 4.93. The van der Waals surface area contributed by atoms with E-state index in [0.29, 0.717) is 11.9 Å². The summed E-state index contributed by atoms with van der Waals surface area (Å²) in [6.45, 7) is 8.13. The topological polar surface area (TPSA) is 101 Å². The predicted molar refractivity (Wildman–Crippen MR) is 118 cm³/mol. The molecule has 2 aliphatic heterocycles. The number of aromatic nitrogens is 4. The second-order valence-corrected chi connectivity index (χ2v) is 7.03. The lowest BCUT2D eigenvalue weighted by atomic mass is 10.1.